The van der Waals surface area contributed by atoms with Crippen LogP contribution in [0.3, 0.4) is 0 Å². The van der Waals surface area contributed by atoms with Gasteiger partial charge >= 0.3 is 5.97 Å². The lowest BCUT2D eigenvalue weighted by Crippen LogP contribution is -2.31. The molecule has 9 heteroatoms. The molecule has 0 spiro atoms. The molecule has 0 unspecified atom stereocenters. The van der Waals surface area contributed by atoms with Gasteiger partial charge in [-0.05, 0) is 30.2 Å². The highest BCUT2D eigenvalue weighted by Gasteiger charge is 2.18. The number of thioether (sulfide) groups is 1. The van der Waals surface area contributed by atoms with Gasteiger partial charge in [0.25, 0.3) is 5.56 Å². The average Bonchev–Trinajstić information content (AvgIpc) is 3.27. The van der Waals surface area contributed by atoms with Gasteiger partial charge in [-0.1, -0.05) is 60.3 Å². The molecule has 0 aliphatic heterocycles. The lowest BCUT2D eigenvalue weighted by atomic mass is 10.2. The maximum Gasteiger partial charge on any atom is 0.325 e. The van der Waals surface area contributed by atoms with E-state index in [0.29, 0.717) is 21.1 Å². The molecule has 168 valence electrons. The lowest BCUT2D eigenvalue weighted by Gasteiger charge is -2.14. The SMILES string of the molecule is COC(=O)CNC(=O)CSc1nc2sc(-c3ccccc3)cc2c(=O)n1-c1ccccc1C. The van der Waals surface area contributed by atoms with E-state index in [4.69, 9.17) is 4.98 Å². The molecule has 1 N–H and O–H groups in total. The second kappa shape index (κ2) is 10.0. The van der Waals surface area contributed by atoms with Crippen LogP contribution in [-0.4, -0.2) is 40.8 Å². The van der Waals surface area contributed by atoms with Crippen LogP contribution < -0.4 is 10.9 Å². The Labute approximate surface area is 198 Å². The Balaban J connectivity index is 1.76. The van der Waals surface area contributed by atoms with Crippen molar-refractivity contribution < 1.29 is 14.3 Å². The van der Waals surface area contributed by atoms with Crippen LogP contribution in [0.1, 0.15) is 5.56 Å². The number of nitrogens with zero attached hydrogens (tertiary/aromatic N) is 2. The highest BCUT2D eigenvalue weighted by atomic mass is 32.2. The average molecular weight is 480 g/mol. The number of aryl methyl sites for hydroxylation is 1. The number of rotatable bonds is 7. The number of fused-ring (bicyclic) bond motifs is 1. The van der Waals surface area contributed by atoms with Gasteiger partial charge in [0.05, 0.1) is 23.9 Å². The summed E-state index contributed by atoms with van der Waals surface area (Å²) in [6.07, 6.45) is 0. The molecule has 0 saturated heterocycles. The van der Waals surface area contributed by atoms with Crippen molar-refractivity contribution >= 4 is 45.2 Å². The van der Waals surface area contributed by atoms with Crippen LogP contribution >= 0.6 is 23.1 Å². The zero-order valence-electron chi connectivity index (χ0n) is 18.0. The Hall–Kier alpha value is -3.43. The van der Waals surface area contributed by atoms with Crippen LogP contribution in [0, 0.1) is 6.92 Å². The Morgan fingerprint density at radius 1 is 1.12 bits per heavy atom. The van der Waals surface area contributed by atoms with Crippen LogP contribution in [0.15, 0.2) is 70.6 Å². The fourth-order valence-electron chi connectivity index (χ4n) is 3.25. The molecule has 0 radical (unpaired) electrons. The Morgan fingerprint density at radius 3 is 2.58 bits per heavy atom. The van der Waals surface area contributed by atoms with Crippen molar-refractivity contribution in [2.75, 3.05) is 19.4 Å². The summed E-state index contributed by atoms with van der Waals surface area (Å²) in [4.78, 5) is 43.4. The largest absolute Gasteiger partial charge is 0.468 e. The number of methoxy groups -OCH3 is 1. The zero-order valence-corrected chi connectivity index (χ0v) is 19.7. The highest BCUT2D eigenvalue weighted by Crippen LogP contribution is 2.33. The summed E-state index contributed by atoms with van der Waals surface area (Å²) in [6, 6.07) is 19.2. The number of hydrogen-bond donors (Lipinski definition) is 1. The fourth-order valence-corrected chi connectivity index (χ4v) is 5.17. The number of para-hydroxylation sites is 1. The fraction of sp³-hybridized carbons (Fsp3) is 0.167. The molecule has 0 aliphatic carbocycles. The van der Waals surface area contributed by atoms with Crippen molar-refractivity contribution in [1.29, 1.82) is 0 Å². The number of thiophene rings is 1. The number of carbonyl (C=O) groups excluding carboxylic acids is 2. The van der Waals surface area contributed by atoms with E-state index in [2.05, 4.69) is 10.1 Å². The van der Waals surface area contributed by atoms with E-state index in [1.807, 2.05) is 67.6 Å². The highest BCUT2D eigenvalue weighted by molar-refractivity contribution is 7.99. The van der Waals surface area contributed by atoms with Gasteiger partial charge in [0.2, 0.25) is 5.91 Å². The van der Waals surface area contributed by atoms with E-state index in [-0.39, 0.29) is 23.8 Å². The van der Waals surface area contributed by atoms with Crippen molar-refractivity contribution in [2.45, 2.75) is 12.1 Å². The Morgan fingerprint density at radius 2 is 1.85 bits per heavy atom. The van der Waals surface area contributed by atoms with E-state index in [1.54, 1.807) is 4.57 Å². The number of hydrogen-bond acceptors (Lipinski definition) is 7. The third kappa shape index (κ3) is 4.99. The minimum Gasteiger partial charge on any atom is -0.468 e. The van der Waals surface area contributed by atoms with Gasteiger partial charge in [0.15, 0.2) is 5.16 Å². The minimum absolute atomic E-state index is 0.00224. The third-order valence-corrected chi connectivity index (χ3v) is 6.96. The molecule has 2 aromatic carbocycles. The lowest BCUT2D eigenvalue weighted by molar-refractivity contribution is -0.140. The Kier molecular flexibility index (Phi) is 6.90. The molecule has 4 aromatic rings. The molecule has 33 heavy (non-hydrogen) atoms. The van der Waals surface area contributed by atoms with Gasteiger partial charge in [-0.2, -0.15) is 0 Å². The number of nitrogens with one attached hydrogen (secondary N) is 1. The number of carbonyl (C=O) groups is 2. The summed E-state index contributed by atoms with van der Waals surface area (Å²) in [7, 11) is 1.26. The molecule has 7 nitrogen and oxygen atoms in total. The summed E-state index contributed by atoms with van der Waals surface area (Å²) in [5, 5.41) is 3.45. The van der Waals surface area contributed by atoms with E-state index in [1.165, 1.54) is 18.4 Å². The minimum atomic E-state index is -0.531. The maximum absolute atomic E-state index is 13.6. The molecule has 2 aromatic heterocycles. The van der Waals surface area contributed by atoms with Crippen LogP contribution in [0.4, 0.5) is 0 Å². The van der Waals surface area contributed by atoms with Crippen molar-refractivity contribution in [3.63, 3.8) is 0 Å². The van der Waals surface area contributed by atoms with Crippen molar-refractivity contribution in [2.24, 2.45) is 0 Å². The second-order valence-corrected chi connectivity index (χ2v) is 9.13. The van der Waals surface area contributed by atoms with Gasteiger partial charge in [-0.3, -0.25) is 19.0 Å². The molecule has 2 heterocycles. The van der Waals surface area contributed by atoms with E-state index < -0.39 is 5.97 Å². The molecular formula is C24H21N3O4S2. The predicted molar refractivity (Wildman–Crippen MR) is 131 cm³/mol. The van der Waals surface area contributed by atoms with Crippen molar-refractivity contribution in [3.05, 3.63) is 76.6 Å². The van der Waals surface area contributed by atoms with Gasteiger partial charge in [-0.25, -0.2) is 4.98 Å². The van der Waals surface area contributed by atoms with Crippen LogP contribution in [0.25, 0.3) is 26.3 Å². The summed E-state index contributed by atoms with van der Waals surface area (Å²) in [5.41, 5.74) is 2.45. The maximum atomic E-state index is 13.6. The molecular weight excluding hydrogens is 458 g/mol. The molecule has 0 saturated carbocycles. The smallest absolute Gasteiger partial charge is 0.325 e. The molecule has 4 rings (SSSR count). The normalized spacial score (nSPS) is 10.8. The van der Waals surface area contributed by atoms with Gasteiger partial charge < -0.3 is 10.1 Å². The zero-order chi connectivity index (χ0) is 23.4. The van der Waals surface area contributed by atoms with E-state index in [0.717, 1.165) is 27.8 Å². The first kappa shape index (κ1) is 22.8. The number of esters is 1. The molecule has 1 amide bonds. The van der Waals surface area contributed by atoms with Crippen LogP contribution in [0.5, 0.6) is 0 Å². The second-order valence-electron chi connectivity index (χ2n) is 7.16. The van der Waals surface area contributed by atoms with E-state index >= 15 is 0 Å². The van der Waals surface area contributed by atoms with Gasteiger partial charge in [0.1, 0.15) is 11.4 Å². The standard InChI is InChI=1S/C24H21N3O4S2/c1-15-8-6-7-11-18(15)27-23(30)17-12-19(16-9-4-3-5-10-16)33-22(17)26-24(27)32-14-20(28)25-13-21(29)31-2/h3-12H,13-14H2,1-2H3,(H,25,28). The molecule has 0 aliphatic rings. The molecule has 0 bridgehead atoms. The first-order chi connectivity index (χ1) is 16.0. The predicted octanol–water partition coefficient (Wildman–Crippen LogP) is 3.80. The van der Waals surface area contributed by atoms with Gasteiger partial charge in [-0.15, -0.1) is 11.3 Å². The summed E-state index contributed by atoms with van der Waals surface area (Å²) < 4.78 is 6.09. The van der Waals surface area contributed by atoms with Crippen LogP contribution in [0.2, 0.25) is 0 Å². The first-order valence-corrected chi connectivity index (χ1v) is 11.9. The first-order valence-electron chi connectivity index (χ1n) is 10.1. The Bertz CT molecular complexity index is 1380. The summed E-state index contributed by atoms with van der Waals surface area (Å²) in [6.45, 7) is 1.71. The number of benzene rings is 2. The number of aromatic nitrogens is 2. The molecule has 0 atom stereocenters. The molecule has 0 fully saturated rings. The quantitative estimate of drug-likeness (QED) is 0.246. The monoisotopic (exact) mass is 479 g/mol. The van der Waals surface area contributed by atoms with Gasteiger partial charge in [0, 0.05) is 4.88 Å². The number of ether oxygens (including phenoxy) is 1. The topological polar surface area (TPSA) is 90.3 Å². The summed E-state index contributed by atoms with van der Waals surface area (Å²) in [5.74, 6) is -0.887. The number of amides is 1. The van der Waals surface area contributed by atoms with Crippen molar-refractivity contribution in [1.82, 2.24) is 14.9 Å². The van der Waals surface area contributed by atoms with Crippen LogP contribution in [-0.2, 0) is 14.3 Å². The summed E-state index contributed by atoms with van der Waals surface area (Å²) >= 11 is 2.59. The van der Waals surface area contributed by atoms with Crippen molar-refractivity contribution in [3.8, 4) is 16.1 Å². The third-order valence-electron chi connectivity index (χ3n) is 4.94. The van der Waals surface area contributed by atoms with E-state index in [9.17, 15) is 14.4 Å².